The Balaban J connectivity index is 1.49. The number of allylic oxidation sites excluding steroid dienone is 1. The smallest absolute Gasteiger partial charge is 0.206 e. The molecule has 1 aliphatic carbocycles. The van der Waals surface area contributed by atoms with Crippen molar-refractivity contribution in [3.05, 3.63) is 46.8 Å². The van der Waals surface area contributed by atoms with Gasteiger partial charge >= 0.3 is 0 Å². The second-order valence-electron chi connectivity index (χ2n) is 8.60. The molecule has 2 aliphatic heterocycles. The van der Waals surface area contributed by atoms with Gasteiger partial charge in [0.2, 0.25) is 5.96 Å². The molecule has 1 atom stereocenters. The van der Waals surface area contributed by atoms with Gasteiger partial charge in [-0.1, -0.05) is 24.4 Å². The lowest BCUT2D eigenvalue weighted by molar-refractivity contribution is 0.172. The van der Waals surface area contributed by atoms with Crippen molar-refractivity contribution in [3.8, 4) is 11.5 Å². The Morgan fingerprint density at radius 2 is 2.03 bits per heavy atom. The van der Waals surface area contributed by atoms with Gasteiger partial charge in [-0.05, 0) is 37.3 Å². The predicted molar refractivity (Wildman–Crippen MR) is 136 cm³/mol. The van der Waals surface area contributed by atoms with Crippen LogP contribution in [0.4, 0.5) is 11.5 Å². The summed E-state index contributed by atoms with van der Waals surface area (Å²) >= 11 is 6.54. The van der Waals surface area contributed by atoms with Crippen LogP contribution in [-0.2, 0) is 0 Å². The van der Waals surface area contributed by atoms with Crippen molar-refractivity contribution in [1.29, 1.82) is 0 Å². The Hall–Kier alpha value is -3.17. The van der Waals surface area contributed by atoms with E-state index in [2.05, 4.69) is 25.5 Å². The molecule has 3 heterocycles. The summed E-state index contributed by atoms with van der Waals surface area (Å²) in [7, 11) is 3.73. The lowest BCUT2D eigenvalue weighted by Crippen LogP contribution is -2.47. The monoisotopic (exact) mass is 483 g/mol. The zero-order valence-electron chi connectivity index (χ0n) is 19.4. The molecule has 1 saturated carbocycles. The van der Waals surface area contributed by atoms with E-state index in [-0.39, 0.29) is 6.17 Å². The third kappa shape index (κ3) is 4.10. The minimum atomic E-state index is -0.0994. The van der Waals surface area contributed by atoms with E-state index in [0.29, 0.717) is 41.7 Å². The summed E-state index contributed by atoms with van der Waals surface area (Å²) in [5.41, 5.74) is 8.88. The molecule has 0 radical (unpaired) electrons. The fourth-order valence-electron chi connectivity index (χ4n) is 4.81. The van der Waals surface area contributed by atoms with Crippen LogP contribution >= 0.6 is 11.6 Å². The Morgan fingerprint density at radius 3 is 2.76 bits per heavy atom. The molecule has 1 fully saturated rings. The molecule has 5 N–H and O–H groups in total. The molecule has 180 valence electrons. The van der Waals surface area contributed by atoms with E-state index in [1.807, 2.05) is 19.2 Å². The van der Waals surface area contributed by atoms with Crippen LogP contribution in [-0.4, -0.2) is 54.9 Å². The lowest BCUT2D eigenvalue weighted by Gasteiger charge is -2.37. The maximum atomic E-state index is 6.54. The maximum absolute atomic E-state index is 6.54. The zero-order chi connectivity index (χ0) is 23.7. The van der Waals surface area contributed by atoms with Crippen molar-refractivity contribution in [2.75, 3.05) is 32.6 Å². The van der Waals surface area contributed by atoms with Crippen molar-refractivity contribution < 1.29 is 9.47 Å². The predicted octanol–water partition coefficient (Wildman–Crippen LogP) is 3.91. The van der Waals surface area contributed by atoms with Crippen LogP contribution in [0, 0.1) is 0 Å². The fraction of sp³-hybridized carbons (Fsp3) is 0.417. The van der Waals surface area contributed by atoms with Crippen LogP contribution < -0.4 is 25.8 Å². The Bertz CT molecular complexity index is 1150. The molecular weight excluding hydrogens is 454 g/mol. The number of hydrogen-bond acceptors (Lipinski definition) is 8. The zero-order valence-corrected chi connectivity index (χ0v) is 20.2. The molecule has 34 heavy (non-hydrogen) atoms. The van der Waals surface area contributed by atoms with Crippen LogP contribution in [0.1, 0.15) is 43.0 Å². The highest BCUT2D eigenvalue weighted by molar-refractivity contribution is 6.32. The fourth-order valence-corrected chi connectivity index (χ4v) is 5.06. The van der Waals surface area contributed by atoms with E-state index in [4.69, 9.17) is 31.8 Å². The van der Waals surface area contributed by atoms with Gasteiger partial charge in [-0.3, -0.25) is 10.3 Å². The van der Waals surface area contributed by atoms with Crippen molar-refractivity contribution in [1.82, 2.24) is 15.2 Å². The molecule has 2 aromatic rings. The lowest BCUT2D eigenvalue weighted by atomic mass is 10.1. The van der Waals surface area contributed by atoms with E-state index >= 15 is 0 Å². The average Bonchev–Trinajstić information content (AvgIpc) is 3.50. The molecule has 0 amide bonds. The number of benzene rings is 1. The van der Waals surface area contributed by atoms with Crippen LogP contribution in [0.3, 0.4) is 0 Å². The molecule has 5 rings (SSSR count). The third-order valence-corrected chi connectivity index (χ3v) is 6.83. The molecule has 1 unspecified atom stereocenters. The SMILES string of the molecule is CN=C(C=CN)c1ccc(NC2=Nc3[nH]cc(Cl)c3C(NC3CCCC3)N2C)c2c1OCCO2. The van der Waals surface area contributed by atoms with Crippen molar-refractivity contribution in [2.24, 2.45) is 15.7 Å². The van der Waals surface area contributed by atoms with Crippen LogP contribution in [0.2, 0.25) is 5.02 Å². The number of hydrogen-bond donors (Lipinski definition) is 4. The van der Waals surface area contributed by atoms with Gasteiger partial charge in [0.25, 0.3) is 0 Å². The second-order valence-corrected chi connectivity index (χ2v) is 9.01. The molecule has 10 heteroatoms. The number of H-pyrrole nitrogens is 1. The van der Waals surface area contributed by atoms with Gasteiger partial charge in [-0.2, -0.15) is 4.99 Å². The molecule has 1 aromatic heterocycles. The summed E-state index contributed by atoms with van der Waals surface area (Å²) in [5, 5.41) is 7.93. The summed E-state index contributed by atoms with van der Waals surface area (Å²) in [6.07, 6.45) is 9.74. The van der Waals surface area contributed by atoms with E-state index < -0.39 is 0 Å². The van der Waals surface area contributed by atoms with E-state index in [0.717, 1.165) is 28.3 Å². The quantitative estimate of drug-likeness (QED) is 0.480. The van der Waals surface area contributed by atoms with Gasteiger partial charge < -0.3 is 30.4 Å². The molecule has 0 saturated heterocycles. The highest BCUT2D eigenvalue weighted by Crippen LogP contribution is 2.43. The van der Waals surface area contributed by atoms with Crippen LogP contribution in [0.5, 0.6) is 11.5 Å². The first kappa shape index (κ1) is 22.6. The summed E-state index contributed by atoms with van der Waals surface area (Å²) in [5.74, 6) is 2.69. The van der Waals surface area contributed by atoms with Gasteiger partial charge in [-0.25, -0.2) is 0 Å². The highest BCUT2D eigenvalue weighted by Gasteiger charge is 2.34. The minimum absolute atomic E-state index is 0.0994. The normalized spacial score (nSPS) is 20.6. The number of ether oxygens (including phenoxy) is 2. The first-order chi connectivity index (χ1) is 16.6. The van der Waals surface area contributed by atoms with Gasteiger partial charge in [0.15, 0.2) is 11.5 Å². The number of aromatic nitrogens is 1. The first-order valence-corrected chi connectivity index (χ1v) is 12.0. The van der Waals surface area contributed by atoms with Crippen molar-refractivity contribution in [2.45, 2.75) is 37.9 Å². The number of nitrogens with two attached hydrogens (primary N) is 1. The number of nitrogens with zero attached hydrogens (tertiary/aromatic N) is 3. The highest BCUT2D eigenvalue weighted by atomic mass is 35.5. The van der Waals surface area contributed by atoms with E-state index in [9.17, 15) is 0 Å². The summed E-state index contributed by atoms with van der Waals surface area (Å²) < 4.78 is 12.0. The van der Waals surface area contributed by atoms with Gasteiger partial charge in [-0.15, -0.1) is 0 Å². The minimum Gasteiger partial charge on any atom is -0.485 e. The number of halogens is 1. The number of anilines is 1. The van der Waals surface area contributed by atoms with E-state index in [1.165, 1.54) is 31.9 Å². The molecule has 0 bridgehead atoms. The maximum Gasteiger partial charge on any atom is 0.206 e. The number of aromatic amines is 1. The number of guanidine groups is 1. The molecule has 9 nitrogen and oxygen atoms in total. The molecule has 0 spiro atoms. The van der Waals surface area contributed by atoms with E-state index in [1.54, 1.807) is 19.3 Å². The first-order valence-electron chi connectivity index (χ1n) is 11.6. The summed E-state index contributed by atoms with van der Waals surface area (Å²) in [6.45, 7) is 0.923. The third-order valence-electron chi connectivity index (χ3n) is 6.52. The second kappa shape index (κ2) is 9.60. The van der Waals surface area contributed by atoms with Crippen LogP contribution in [0.15, 0.2) is 40.6 Å². The number of fused-ring (bicyclic) bond motifs is 2. The largest absolute Gasteiger partial charge is 0.485 e. The average molecular weight is 484 g/mol. The topological polar surface area (TPSA) is 112 Å². The molecule has 3 aliphatic rings. The summed E-state index contributed by atoms with van der Waals surface area (Å²) in [4.78, 5) is 14.5. The number of nitrogens with one attached hydrogen (secondary N) is 3. The van der Waals surface area contributed by atoms with Crippen molar-refractivity contribution >= 4 is 34.8 Å². The molecular formula is C24H30ClN7O2. The molecule has 1 aromatic carbocycles. The Morgan fingerprint density at radius 1 is 1.26 bits per heavy atom. The van der Waals surface area contributed by atoms with Crippen molar-refractivity contribution in [3.63, 3.8) is 0 Å². The number of aliphatic imine (C=N–C) groups is 2. The van der Waals surface area contributed by atoms with Gasteiger partial charge in [0.1, 0.15) is 25.2 Å². The van der Waals surface area contributed by atoms with Gasteiger partial charge in [0, 0.05) is 31.9 Å². The Kier molecular flexibility index (Phi) is 6.38. The Labute approximate surface area is 204 Å². The van der Waals surface area contributed by atoms with Gasteiger partial charge in [0.05, 0.1) is 22.0 Å². The number of rotatable bonds is 5. The standard InChI is InChI=1S/C24H30ClN7O2/c1-27-17(9-10-26)15-7-8-18(21-20(15)33-11-12-34-21)30-24-31-22-19(16(25)13-28-22)23(32(24)2)29-14-5-3-4-6-14/h7-10,13-14,23,28-29H,3-6,11-12,26H2,1-2H3,(H,30,31). The van der Waals surface area contributed by atoms with Crippen LogP contribution in [0.25, 0.3) is 0 Å². The summed E-state index contributed by atoms with van der Waals surface area (Å²) in [6, 6.07) is 4.36.